The molecule has 1 heterocycles. The number of hydrogen-bond donors (Lipinski definition) is 2. The summed E-state index contributed by atoms with van der Waals surface area (Å²) in [6.45, 7) is 2.95. The lowest BCUT2D eigenvalue weighted by molar-refractivity contribution is 0.346. The Morgan fingerprint density at radius 1 is 0.867 bits per heavy atom. The lowest BCUT2D eigenvalue weighted by Crippen LogP contribution is -2.11. The van der Waals surface area contributed by atoms with Gasteiger partial charge in [0.1, 0.15) is 0 Å². The number of unbranched alkanes of at least 4 members (excludes halogenated alkanes) is 8. The van der Waals surface area contributed by atoms with Crippen LogP contribution in [0.15, 0.2) is 28.8 Å². The summed E-state index contributed by atoms with van der Waals surface area (Å²) < 4.78 is 5.35. The Hall–Kier alpha value is -1.14. The van der Waals surface area contributed by atoms with Crippen LogP contribution in [-0.4, -0.2) is 16.7 Å². The van der Waals surface area contributed by atoms with Crippen molar-refractivity contribution in [3.05, 3.63) is 35.7 Å². The first-order valence-electron chi connectivity index (χ1n) is 11.1. The maximum Gasteiger partial charge on any atom is 0.243 e. The number of aryl methyl sites for hydroxylation is 1. The molecule has 172 valence electrons. The van der Waals surface area contributed by atoms with E-state index >= 15 is 0 Å². The molecule has 1 unspecified atom stereocenters. The van der Waals surface area contributed by atoms with Crippen LogP contribution >= 0.6 is 24.8 Å². The largest absolute Gasteiger partial charge is 0.337 e. The maximum atomic E-state index is 6.13. The first-order valence-corrected chi connectivity index (χ1v) is 11.1. The van der Waals surface area contributed by atoms with Gasteiger partial charge in [0.05, 0.1) is 6.04 Å². The monoisotopic (exact) mass is 458 g/mol. The Bertz CT molecular complexity index is 649. The zero-order valence-corrected chi connectivity index (χ0v) is 20.0. The van der Waals surface area contributed by atoms with E-state index < -0.39 is 0 Å². The quantitative estimate of drug-likeness (QED) is 0.301. The van der Waals surface area contributed by atoms with E-state index in [-0.39, 0.29) is 30.9 Å². The van der Waals surface area contributed by atoms with Crippen LogP contribution in [0.5, 0.6) is 0 Å². The molecule has 2 aromatic rings. The predicted octanol–water partition coefficient (Wildman–Crippen LogP) is 6.39. The van der Waals surface area contributed by atoms with Crippen LogP contribution < -0.4 is 11.5 Å². The number of hydrogen-bond acceptors (Lipinski definition) is 5. The van der Waals surface area contributed by atoms with Gasteiger partial charge in [0.2, 0.25) is 11.7 Å². The van der Waals surface area contributed by atoms with E-state index in [1.54, 1.807) is 0 Å². The van der Waals surface area contributed by atoms with Crippen LogP contribution in [0, 0.1) is 0 Å². The van der Waals surface area contributed by atoms with Gasteiger partial charge in [-0.25, -0.2) is 0 Å². The van der Waals surface area contributed by atoms with Crippen molar-refractivity contribution in [3.8, 4) is 11.4 Å². The molecule has 0 amide bonds. The Morgan fingerprint density at radius 2 is 1.50 bits per heavy atom. The van der Waals surface area contributed by atoms with Crippen molar-refractivity contribution in [1.29, 1.82) is 0 Å². The van der Waals surface area contributed by atoms with Gasteiger partial charge in [-0.05, 0) is 37.8 Å². The normalized spacial score (nSPS) is 11.6. The van der Waals surface area contributed by atoms with Gasteiger partial charge in [0.15, 0.2) is 0 Å². The van der Waals surface area contributed by atoms with E-state index in [9.17, 15) is 0 Å². The minimum atomic E-state index is -0.214. The van der Waals surface area contributed by atoms with Crippen LogP contribution in [0.1, 0.15) is 95.0 Å². The molecule has 0 bridgehead atoms. The van der Waals surface area contributed by atoms with E-state index in [0.717, 1.165) is 31.2 Å². The molecule has 7 heteroatoms. The molecule has 30 heavy (non-hydrogen) atoms. The predicted molar refractivity (Wildman–Crippen MR) is 130 cm³/mol. The van der Waals surface area contributed by atoms with E-state index in [2.05, 4.69) is 41.3 Å². The third kappa shape index (κ3) is 10.8. The first kappa shape index (κ1) is 28.9. The fourth-order valence-corrected chi connectivity index (χ4v) is 3.42. The molecule has 1 aromatic carbocycles. The van der Waals surface area contributed by atoms with Crippen LogP contribution in [0.3, 0.4) is 0 Å². The lowest BCUT2D eigenvalue weighted by atomic mass is 10.0. The Morgan fingerprint density at radius 3 is 2.13 bits per heavy atom. The fraction of sp³-hybridized carbons (Fsp3) is 0.652. The second-order valence-electron chi connectivity index (χ2n) is 7.77. The zero-order chi connectivity index (χ0) is 20.0. The number of nitrogens with two attached hydrogens (primary N) is 2. The number of rotatable bonds is 15. The summed E-state index contributed by atoms with van der Waals surface area (Å²) in [5.41, 5.74) is 14.0. The maximum absolute atomic E-state index is 6.13. The lowest BCUT2D eigenvalue weighted by Gasteiger charge is -2.05. The molecule has 1 atom stereocenters. The molecular weight excluding hydrogens is 419 g/mol. The number of aromatic nitrogens is 2. The summed E-state index contributed by atoms with van der Waals surface area (Å²) >= 11 is 0. The average molecular weight is 460 g/mol. The summed E-state index contributed by atoms with van der Waals surface area (Å²) in [5.74, 6) is 1.12. The molecule has 2 rings (SSSR count). The van der Waals surface area contributed by atoms with Crippen LogP contribution in [-0.2, 0) is 6.42 Å². The molecule has 0 fully saturated rings. The Balaban J connectivity index is 0.00000420. The summed E-state index contributed by atoms with van der Waals surface area (Å²) in [6.07, 6.45) is 14.7. The van der Waals surface area contributed by atoms with Crippen molar-refractivity contribution in [3.63, 3.8) is 0 Å². The molecular formula is C23H40Cl2N4O. The average Bonchev–Trinajstić information content (AvgIpc) is 3.21. The smallest absolute Gasteiger partial charge is 0.243 e. The standard InChI is InChI=1S/C23H38N4O.2ClH/c1-2-3-4-5-6-7-8-9-12-19-14-16-20(17-15-19)22-26-23(28-27-22)21(25)13-10-11-18-24;;/h14-17,21H,2-13,18,24-25H2,1H3;2*1H. The van der Waals surface area contributed by atoms with Gasteiger partial charge in [0, 0.05) is 5.56 Å². The molecule has 0 radical (unpaired) electrons. The highest BCUT2D eigenvalue weighted by atomic mass is 35.5. The molecule has 0 saturated heterocycles. The Kier molecular flexibility index (Phi) is 16.9. The highest BCUT2D eigenvalue weighted by Gasteiger charge is 2.15. The van der Waals surface area contributed by atoms with Gasteiger partial charge in [-0.15, -0.1) is 24.8 Å². The second-order valence-corrected chi connectivity index (χ2v) is 7.77. The summed E-state index contributed by atoms with van der Waals surface area (Å²) in [4.78, 5) is 4.47. The van der Waals surface area contributed by atoms with Crippen molar-refractivity contribution in [2.75, 3.05) is 6.54 Å². The minimum absolute atomic E-state index is 0. The van der Waals surface area contributed by atoms with Gasteiger partial charge in [-0.3, -0.25) is 0 Å². The van der Waals surface area contributed by atoms with Crippen LogP contribution in [0.4, 0.5) is 0 Å². The van der Waals surface area contributed by atoms with Crippen molar-refractivity contribution < 1.29 is 4.52 Å². The van der Waals surface area contributed by atoms with Gasteiger partial charge in [0.25, 0.3) is 0 Å². The molecule has 5 nitrogen and oxygen atoms in total. The number of benzene rings is 1. The van der Waals surface area contributed by atoms with E-state index in [1.165, 1.54) is 56.9 Å². The Labute approximate surface area is 194 Å². The fourth-order valence-electron chi connectivity index (χ4n) is 3.42. The molecule has 4 N–H and O–H groups in total. The van der Waals surface area contributed by atoms with Gasteiger partial charge < -0.3 is 16.0 Å². The molecule has 0 aliphatic carbocycles. The third-order valence-corrected chi connectivity index (χ3v) is 5.26. The molecule has 1 aromatic heterocycles. The van der Waals surface area contributed by atoms with Crippen molar-refractivity contribution in [2.24, 2.45) is 11.5 Å². The number of nitrogens with zero attached hydrogens (tertiary/aromatic N) is 2. The second kappa shape index (κ2) is 17.5. The van der Waals surface area contributed by atoms with Crippen molar-refractivity contribution >= 4 is 24.8 Å². The summed E-state index contributed by atoms with van der Waals surface area (Å²) in [7, 11) is 0. The highest BCUT2D eigenvalue weighted by molar-refractivity contribution is 5.85. The SMILES string of the molecule is CCCCCCCCCCc1ccc(-c2noc(C(N)CCCCN)n2)cc1.Cl.Cl. The van der Waals surface area contributed by atoms with Crippen molar-refractivity contribution in [1.82, 2.24) is 10.1 Å². The van der Waals surface area contributed by atoms with Gasteiger partial charge in [-0.2, -0.15) is 4.98 Å². The molecule has 0 saturated carbocycles. The van der Waals surface area contributed by atoms with Gasteiger partial charge >= 0.3 is 0 Å². The van der Waals surface area contributed by atoms with Crippen LogP contribution in [0.25, 0.3) is 11.4 Å². The third-order valence-electron chi connectivity index (χ3n) is 5.26. The highest BCUT2D eigenvalue weighted by Crippen LogP contribution is 2.21. The zero-order valence-electron chi connectivity index (χ0n) is 18.4. The van der Waals surface area contributed by atoms with E-state index in [0.29, 0.717) is 18.3 Å². The molecule has 0 spiro atoms. The topological polar surface area (TPSA) is 91.0 Å². The number of halogens is 2. The van der Waals surface area contributed by atoms with Crippen molar-refractivity contribution in [2.45, 2.75) is 90.0 Å². The van der Waals surface area contributed by atoms with Crippen LogP contribution in [0.2, 0.25) is 0 Å². The first-order chi connectivity index (χ1) is 13.7. The molecule has 0 aliphatic heterocycles. The molecule has 0 aliphatic rings. The van der Waals surface area contributed by atoms with E-state index in [4.69, 9.17) is 16.0 Å². The van der Waals surface area contributed by atoms with E-state index in [1.807, 2.05) is 0 Å². The summed E-state index contributed by atoms with van der Waals surface area (Å²) in [5, 5.41) is 4.09. The minimum Gasteiger partial charge on any atom is -0.337 e. The summed E-state index contributed by atoms with van der Waals surface area (Å²) in [6, 6.07) is 8.29. The van der Waals surface area contributed by atoms with Gasteiger partial charge in [-0.1, -0.05) is 87.7 Å².